The van der Waals surface area contributed by atoms with Crippen molar-refractivity contribution in [2.45, 2.75) is 32.4 Å². The average molecular weight is 392 g/mol. The van der Waals surface area contributed by atoms with Crippen LogP contribution in [-0.2, 0) is 9.53 Å². The first-order chi connectivity index (χ1) is 13.2. The molecular weight excluding hydrogens is 374 g/mol. The molecule has 148 valence electrons. The lowest BCUT2D eigenvalue weighted by molar-refractivity contribution is -0.385. The maximum Gasteiger partial charge on any atom is 0.308 e. The number of hydrogen-bond donors (Lipinski definition) is 1. The van der Waals surface area contributed by atoms with Crippen LogP contribution in [0, 0.1) is 21.7 Å². The topological polar surface area (TPSA) is 98.5 Å². The monoisotopic (exact) mass is 392 g/mol. The molecule has 0 spiro atoms. The number of benzene rings is 2. The minimum Gasteiger partial charge on any atom is -0.463 e. The van der Waals surface area contributed by atoms with Crippen LogP contribution in [0.25, 0.3) is 0 Å². The van der Waals surface area contributed by atoms with Gasteiger partial charge in [0.1, 0.15) is 17.2 Å². The van der Waals surface area contributed by atoms with E-state index >= 15 is 0 Å². The first-order valence-electron chi connectivity index (χ1n) is 8.38. The molecule has 1 unspecified atom stereocenters. The van der Waals surface area contributed by atoms with E-state index in [1.165, 1.54) is 24.3 Å². The third-order valence-corrected chi connectivity index (χ3v) is 3.74. The predicted octanol–water partition coefficient (Wildman–Crippen LogP) is 3.69. The molecule has 1 amide bonds. The fourth-order valence-electron chi connectivity index (χ4n) is 2.61. The molecule has 0 fully saturated rings. The van der Waals surface area contributed by atoms with Gasteiger partial charge in [0, 0.05) is 6.07 Å². The SMILES string of the molecule is CC(C)OC(=O)CC(NC(=O)c1c(F)cccc1F)c1ccccc1[N+](=O)[O-]. The van der Waals surface area contributed by atoms with Gasteiger partial charge in [-0.1, -0.05) is 24.3 Å². The predicted molar refractivity (Wildman–Crippen MR) is 95.5 cm³/mol. The van der Waals surface area contributed by atoms with Crippen molar-refractivity contribution in [1.29, 1.82) is 0 Å². The second-order valence-corrected chi connectivity index (χ2v) is 6.18. The molecule has 7 nitrogen and oxygen atoms in total. The van der Waals surface area contributed by atoms with Crippen LogP contribution in [0.1, 0.15) is 42.2 Å². The number of hydrogen-bond acceptors (Lipinski definition) is 5. The molecule has 0 aliphatic rings. The second-order valence-electron chi connectivity index (χ2n) is 6.18. The van der Waals surface area contributed by atoms with E-state index in [0.29, 0.717) is 0 Å². The van der Waals surface area contributed by atoms with Gasteiger partial charge < -0.3 is 10.1 Å². The van der Waals surface area contributed by atoms with Crippen molar-refractivity contribution in [3.05, 3.63) is 75.3 Å². The Kier molecular flexibility index (Phi) is 6.75. The van der Waals surface area contributed by atoms with Gasteiger partial charge in [-0.2, -0.15) is 0 Å². The number of esters is 1. The fourth-order valence-corrected chi connectivity index (χ4v) is 2.61. The van der Waals surface area contributed by atoms with Crippen molar-refractivity contribution in [2.24, 2.45) is 0 Å². The summed E-state index contributed by atoms with van der Waals surface area (Å²) in [5.74, 6) is -4.06. The summed E-state index contributed by atoms with van der Waals surface area (Å²) in [5, 5.41) is 13.6. The summed E-state index contributed by atoms with van der Waals surface area (Å²) in [5.41, 5.74) is -1.18. The van der Waals surface area contributed by atoms with Crippen molar-refractivity contribution < 1.29 is 28.0 Å². The smallest absolute Gasteiger partial charge is 0.308 e. The maximum atomic E-state index is 13.9. The highest BCUT2D eigenvalue weighted by atomic mass is 19.1. The van der Waals surface area contributed by atoms with E-state index in [2.05, 4.69) is 5.32 Å². The van der Waals surface area contributed by atoms with Gasteiger partial charge in [-0.05, 0) is 26.0 Å². The zero-order valence-corrected chi connectivity index (χ0v) is 15.1. The summed E-state index contributed by atoms with van der Waals surface area (Å²) in [6.45, 7) is 3.23. The number of rotatable bonds is 7. The summed E-state index contributed by atoms with van der Waals surface area (Å²) in [6.07, 6.45) is -0.899. The van der Waals surface area contributed by atoms with E-state index < -0.39 is 52.6 Å². The van der Waals surface area contributed by atoms with Crippen LogP contribution in [0.15, 0.2) is 42.5 Å². The lowest BCUT2D eigenvalue weighted by Crippen LogP contribution is -2.32. The highest BCUT2D eigenvalue weighted by Crippen LogP contribution is 2.28. The standard InChI is InChI=1S/C19H18F2N2O5/c1-11(2)28-17(24)10-15(12-6-3-4-9-16(12)23(26)27)22-19(25)18-13(20)7-5-8-14(18)21/h3-9,11,15H,10H2,1-2H3,(H,22,25). The number of amides is 1. The summed E-state index contributed by atoms with van der Waals surface area (Å²) in [6, 6.07) is 7.15. The molecule has 0 saturated carbocycles. The largest absolute Gasteiger partial charge is 0.463 e. The molecule has 0 aliphatic carbocycles. The van der Waals surface area contributed by atoms with Crippen LogP contribution in [0.4, 0.5) is 14.5 Å². The number of para-hydroxylation sites is 1. The van der Waals surface area contributed by atoms with Crippen molar-refractivity contribution in [3.8, 4) is 0 Å². The molecule has 2 rings (SSSR count). The van der Waals surface area contributed by atoms with E-state index in [9.17, 15) is 28.5 Å². The molecule has 0 aromatic heterocycles. The normalized spacial score (nSPS) is 11.8. The molecule has 2 aromatic rings. The quantitative estimate of drug-likeness (QED) is 0.440. The number of nitrogens with one attached hydrogen (secondary N) is 1. The Morgan fingerprint density at radius 3 is 2.29 bits per heavy atom. The minimum atomic E-state index is -1.22. The van der Waals surface area contributed by atoms with E-state index in [-0.39, 0.29) is 11.3 Å². The zero-order valence-electron chi connectivity index (χ0n) is 15.1. The van der Waals surface area contributed by atoms with Crippen LogP contribution < -0.4 is 5.32 Å². The Balaban J connectivity index is 2.40. The molecule has 0 heterocycles. The van der Waals surface area contributed by atoms with Gasteiger partial charge in [0.25, 0.3) is 11.6 Å². The fraction of sp³-hybridized carbons (Fsp3) is 0.263. The first-order valence-corrected chi connectivity index (χ1v) is 8.38. The number of nitro benzene ring substituents is 1. The number of halogens is 2. The number of nitrogens with zero attached hydrogens (tertiary/aromatic N) is 1. The zero-order chi connectivity index (χ0) is 20.8. The highest BCUT2D eigenvalue weighted by molar-refractivity contribution is 5.95. The van der Waals surface area contributed by atoms with Crippen molar-refractivity contribution in [3.63, 3.8) is 0 Å². The molecule has 0 radical (unpaired) electrons. The summed E-state index contributed by atoms with van der Waals surface area (Å²) in [4.78, 5) is 35.2. The van der Waals surface area contributed by atoms with E-state index in [1.807, 2.05) is 0 Å². The van der Waals surface area contributed by atoms with Crippen LogP contribution in [0.5, 0.6) is 0 Å². The van der Waals surface area contributed by atoms with Crippen molar-refractivity contribution >= 4 is 17.6 Å². The molecule has 2 aromatic carbocycles. The molecule has 9 heteroatoms. The molecule has 1 N–H and O–H groups in total. The Bertz CT molecular complexity index is 881. The number of carbonyl (C=O) groups excluding carboxylic acids is 2. The van der Waals surface area contributed by atoms with Gasteiger partial charge in [-0.15, -0.1) is 0 Å². The number of ether oxygens (including phenoxy) is 1. The molecular formula is C19H18F2N2O5. The lowest BCUT2D eigenvalue weighted by atomic mass is 10.0. The first kappa shape index (κ1) is 20.9. The third-order valence-electron chi connectivity index (χ3n) is 3.74. The Morgan fingerprint density at radius 2 is 1.71 bits per heavy atom. The number of nitro groups is 1. The van der Waals surface area contributed by atoms with Gasteiger partial charge in [-0.3, -0.25) is 19.7 Å². The summed E-state index contributed by atoms with van der Waals surface area (Å²) < 4.78 is 32.8. The summed E-state index contributed by atoms with van der Waals surface area (Å²) >= 11 is 0. The number of carbonyl (C=O) groups is 2. The Labute approximate surface area is 159 Å². The molecule has 0 bridgehead atoms. The van der Waals surface area contributed by atoms with Gasteiger partial charge in [0.2, 0.25) is 0 Å². The van der Waals surface area contributed by atoms with E-state index in [0.717, 1.165) is 18.2 Å². The molecule has 1 atom stereocenters. The van der Waals surface area contributed by atoms with Gasteiger partial charge in [0.05, 0.1) is 29.1 Å². The van der Waals surface area contributed by atoms with Crippen LogP contribution in [0.2, 0.25) is 0 Å². The summed E-state index contributed by atoms with van der Waals surface area (Å²) in [7, 11) is 0. The van der Waals surface area contributed by atoms with Gasteiger partial charge >= 0.3 is 5.97 Å². The highest BCUT2D eigenvalue weighted by Gasteiger charge is 2.28. The molecule has 0 aliphatic heterocycles. The lowest BCUT2D eigenvalue weighted by Gasteiger charge is -2.19. The maximum absolute atomic E-state index is 13.9. The van der Waals surface area contributed by atoms with E-state index in [1.54, 1.807) is 13.8 Å². The van der Waals surface area contributed by atoms with Crippen LogP contribution in [-0.4, -0.2) is 22.9 Å². The third kappa shape index (κ3) is 5.09. The Hall–Kier alpha value is -3.36. The second kappa shape index (κ2) is 9.03. The van der Waals surface area contributed by atoms with Crippen molar-refractivity contribution in [2.75, 3.05) is 0 Å². The minimum absolute atomic E-state index is 0.0123. The Morgan fingerprint density at radius 1 is 1.11 bits per heavy atom. The average Bonchev–Trinajstić information content (AvgIpc) is 2.60. The van der Waals surface area contributed by atoms with Crippen LogP contribution in [0.3, 0.4) is 0 Å². The molecule has 0 saturated heterocycles. The van der Waals surface area contributed by atoms with E-state index in [4.69, 9.17) is 4.74 Å². The van der Waals surface area contributed by atoms with Gasteiger partial charge in [-0.25, -0.2) is 8.78 Å². The van der Waals surface area contributed by atoms with Crippen molar-refractivity contribution in [1.82, 2.24) is 5.32 Å². The van der Waals surface area contributed by atoms with Crippen LogP contribution >= 0.6 is 0 Å². The van der Waals surface area contributed by atoms with Gasteiger partial charge in [0.15, 0.2) is 0 Å². The molecule has 28 heavy (non-hydrogen) atoms.